The number of nitrogens with zero attached hydrogens (tertiary/aromatic N) is 4. The molecule has 1 amide bonds. The highest BCUT2D eigenvalue weighted by atomic mass is 35.5. The van der Waals surface area contributed by atoms with Crippen molar-refractivity contribution in [3.05, 3.63) is 45.7 Å². The lowest BCUT2D eigenvalue weighted by atomic mass is 10.2. The summed E-state index contributed by atoms with van der Waals surface area (Å²) in [5.74, 6) is -0.319. The lowest BCUT2D eigenvalue weighted by molar-refractivity contribution is -0.0493. The van der Waals surface area contributed by atoms with Gasteiger partial charge in [0.25, 0.3) is 5.91 Å². The Kier molecular flexibility index (Phi) is 7.53. The number of anilines is 5. The first-order chi connectivity index (χ1) is 16.7. The van der Waals surface area contributed by atoms with Crippen LogP contribution >= 0.6 is 22.9 Å². The number of aromatic nitrogens is 2. The molecule has 13 heteroatoms. The second-order valence-electron chi connectivity index (χ2n) is 8.08. The van der Waals surface area contributed by atoms with E-state index in [0.717, 1.165) is 25.2 Å². The molecule has 9 nitrogen and oxygen atoms in total. The number of likely N-dealkylation sites (N-methyl/N-ethyl adjacent to an activating group) is 1. The molecule has 0 aliphatic carbocycles. The number of primary amides is 1. The fraction of sp³-hybridized carbons (Fsp3) is 0.318. The van der Waals surface area contributed by atoms with Crippen molar-refractivity contribution in [2.24, 2.45) is 5.73 Å². The minimum absolute atomic E-state index is 0.0345. The van der Waals surface area contributed by atoms with Gasteiger partial charge in [-0.1, -0.05) is 11.6 Å². The van der Waals surface area contributed by atoms with E-state index in [1.54, 1.807) is 23.6 Å². The van der Waals surface area contributed by atoms with Crippen LogP contribution in [0, 0.1) is 0 Å². The van der Waals surface area contributed by atoms with Crippen LogP contribution in [0.15, 0.2) is 35.8 Å². The molecule has 0 bridgehead atoms. The molecular formula is C22H24ClF2N7O2S. The highest BCUT2D eigenvalue weighted by Gasteiger charge is 2.25. The lowest BCUT2D eigenvalue weighted by Gasteiger charge is -2.23. The highest BCUT2D eigenvalue weighted by Crippen LogP contribution is 2.35. The molecule has 186 valence electrons. The molecule has 3 aromatic rings. The molecule has 35 heavy (non-hydrogen) atoms. The van der Waals surface area contributed by atoms with E-state index in [4.69, 9.17) is 22.1 Å². The maximum Gasteiger partial charge on any atom is 0.387 e. The molecule has 1 atom stereocenters. The van der Waals surface area contributed by atoms with Crippen molar-refractivity contribution in [1.82, 2.24) is 14.9 Å². The minimum atomic E-state index is -3.01. The maximum absolute atomic E-state index is 13.2. The van der Waals surface area contributed by atoms with Gasteiger partial charge in [0, 0.05) is 30.9 Å². The zero-order valence-corrected chi connectivity index (χ0v) is 20.5. The Balaban J connectivity index is 1.57. The van der Waals surface area contributed by atoms with Crippen molar-refractivity contribution in [3.8, 4) is 5.75 Å². The van der Waals surface area contributed by atoms with E-state index in [1.807, 2.05) is 20.2 Å². The predicted octanol–water partition coefficient (Wildman–Crippen LogP) is 4.52. The lowest BCUT2D eigenvalue weighted by Crippen LogP contribution is -2.31. The summed E-state index contributed by atoms with van der Waals surface area (Å²) >= 11 is 7.39. The third-order valence-electron chi connectivity index (χ3n) is 5.57. The summed E-state index contributed by atoms with van der Waals surface area (Å²) in [4.78, 5) is 24.6. The number of ether oxygens (including phenoxy) is 1. The molecule has 1 aliphatic heterocycles. The monoisotopic (exact) mass is 523 g/mol. The van der Waals surface area contributed by atoms with E-state index in [-0.39, 0.29) is 28.2 Å². The summed E-state index contributed by atoms with van der Waals surface area (Å²) in [5.41, 5.74) is 6.88. The number of thiophene rings is 1. The number of nitrogens with two attached hydrogens (primary N) is 1. The van der Waals surface area contributed by atoms with E-state index in [2.05, 4.69) is 30.4 Å². The van der Waals surface area contributed by atoms with Crippen LogP contribution in [-0.4, -0.2) is 60.6 Å². The third kappa shape index (κ3) is 5.89. The highest BCUT2D eigenvalue weighted by molar-refractivity contribution is 7.12. The molecule has 1 fully saturated rings. The molecule has 1 saturated heterocycles. The van der Waals surface area contributed by atoms with Crippen LogP contribution in [-0.2, 0) is 0 Å². The molecule has 0 spiro atoms. The first kappa shape index (κ1) is 24.9. The summed E-state index contributed by atoms with van der Waals surface area (Å²) in [6.45, 7) is -1.40. The number of nitrogens with one attached hydrogen (secondary N) is 2. The smallest absolute Gasteiger partial charge is 0.387 e. The van der Waals surface area contributed by atoms with Gasteiger partial charge in [0.2, 0.25) is 5.95 Å². The summed E-state index contributed by atoms with van der Waals surface area (Å²) in [6, 6.07) is 7.11. The van der Waals surface area contributed by atoms with Gasteiger partial charge in [0.05, 0.1) is 17.6 Å². The average Bonchev–Trinajstić information content (AvgIpc) is 3.47. The summed E-state index contributed by atoms with van der Waals surface area (Å²) in [5, 5.41) is 7.77. The van der Waals surface area contributed by atoms with E-state index in [1.165, 1.54) is 17.5 Å². The topological polar surface area (TPSA) is 109 Å². The Morgan fingerprint density at radius 2 is 2.11 bits per heavy atom. The van der Waals surface area contributed by atoms with E-state index < -0.39 is 12.5 Å². The number of benzene rings is 1. The Bertz CT molecular complexity index is 1210. The van der Waals surface area contributed by atoms with Gasteiger partial charge in [-0.25, -0.2) is 4.98 Å². The molecule has 0 radical (unpaired) electrons. The van der Waals surface area contributed by atoms with E-state index in [9.17, 15) is 13.6 Å². The van der Waals surface area contributed by atoms with Gasteiger partial charge in [0.15, 0.2) is 11.6 Å². The molecule has 0 saturated carbocycles. The Morgan fingerprint density at radius 1 is 1.31 bits per heavy atom. The molecule has 3 heterocycles. The van der Waals surface area contributed by atoms with Crippen molar-refractivity contribution in [2.45, 2.75) is 19.1 Å². The Morgan fingerprint density at radius 3 is 2.80 bits per heavy atom. The fourth-order valence-corrected chi connectivity index (χ4v) is 4.60. The van der Waals surface area contributed by atoms with Crippen LogP contribution in [0.4, 0.5) is 37.6 Å². The average molecular weight is 524 g/mol. The first-order valence-corrected chi connectivity index (χ1v) is 11.9. The van der Waals surface area contributed by atoms with Gasteiger partial charge in [-0.15, -0.1) is 11.3 Å². The van der Waals surface area contributed by atoms with Gasteiger partial charge in [-0.05, 0) is 44.1 Å². The van der Waals surface area contributed by atoms with Crippen molar-refractivity contribution in [2.75, 3.05) is 42.7 Å². The molecule has 1 aliphatic rings. The van der Waals surface area contributed by atoms with Crippen LogP contribution < -0.4 is 26.0 Å². The van der Waals surface area contributed by atoms with Crippen LogP contribution in [0.25, 0.3) is 0 Å². The van der Waals surface area contributed by atoms with Crippen molar-refractivity contribution in [3.63, 3.8) is 0 Å². The van der Waals surface area contributed by atoms with Crippen molar-refractivity contribution >= 4 is 57.7 Å². The van der Waals surface area contributed by atoms with Crippen LogP contribution in [0.2, 0.25) is 5.02 Å². The quantitative estimate of drug-likeness (QED) is 0.376. The largest absolute Gasteiger partial charge is 0.433 e. The number of hydrogen-bond donors (Lipinski definition) is 3. The van der Waals surface area contributed by atoms with Crippen LogP contribution in [0.1, 0.15) is 16.1 Å². The van der Waals surface area contributed by atoms with Crippen molar-refractivity contribution in [1.29, 1.82) is 0 Å². The maximum atomic E-state index is 13.2. The number of hydrogen-bond acceptors (Lipinski definition) is 9. The normalized spacial score (nSPS) is 15.6. The van der Waals surface area contributed by atoms with Gasteiger partial charge < -0.3 is 30.9 Å². The molecule has 1 aromatic carbocycles. The van der Waals surface area contributed by atoms with E-state index in [0.29, 0.717) is 16.6 Å². The minimum Gasteiger partial charge on any atom is -0.433 e. The van der Waals surface area contributed by atoms with Crippen molar-refractivity contribution < 1.29 is 18.3 Å². The van der Waals surface area contributed by atoms with E-state index >= 15 is 0 Å². The van der Waals surface area contributed by atoms with Crippen LogP contribution in [0.3, 0.4) is 0 Å². The molecule has 4 rings (SSSR count). The zero-order valence-electron chi connectivity index (χ0n) is 19.0. The Hall–Kier alpha value is -3.22. The standard InChI is InChI=1S/C22H24ClF2N7O2S/c1-31(2)13-5-7-32(11-13)12-3-4-15(17(9-12)34-21(24)25)29-22-27-10-14(23)20(30-22)28-16-6-8-35-18(16)19(26)33/h3-4,6,8-10,13,21H,5,7,11H2,1-2H3,(H2,26,33)(H2,27,28,29,30)/t13-/m0/s1. The summed E-state index contributed by atoms with van der Waals surface area (Å²) in [7, 11) is 4.05. The fourth-order valence-electron chi connectivity index (χ4n) is 3.76. The number of rotatable bonds is 9. The van der Waals surface area contributed by atoms with Gasteiger partial charge in [-0.2, -0.15) is 13.8 Å². The zero-order chi connectivity index (χ0) is 25.1. The molecular weight excluding hydrogens is 500 g/mol. The molecule has 4 N–H and O–H groups in total. The second-order valence-corrected chi connectivity index (χ2v) is 9.40. The second kappa shape index (κ2) is 10.6. The SMILES string of the molecule is CN(C)[C@H]1CCN(c2ccc(Nc3ncc(Cl)c(Nc4ccsc4C(N)=O)n3)c(OC(F)F)c2)C1. The number of alkyl halides is 2. The number of carbonyl (C=O) groups excluding carboxylic acids is 1. The van der Waals surface area contributed by atoms with Gasteiger partial charge >= 0.3 is 6.61 Å². The first-order valence-electron chi connectivity index (χ1n) is 10.7. The van der Waals surface area contributed by atoms with Gasteiger partial charge in [0.1, 0.15) is 9.90 Å². The summed E-state index contributed by atoms with van der Waals surface area (Å²) in [6.07, 6.45) is 2.33. The summed E-state index contributed by atoms with van der Waals surface area (Å²) < 4.78 is 31.2. The molecule has 0 unspecified atom stereocenters. The predicted molar refractivity (Wildman–Crippen MR) is 134 cm³/mol. The number of amides is 1. The van der Waals surface area contributed by atoms with Crippen LogP contribution in [0.5, 0.6) is 5.75 Å². The number of halogens is 3. The number of carbonyl (C=O) groups is 1. The Labute approximate surface area is 209 Å². The van der Waals surface area contributed by atoms with Gasteiger partial charge in [-0.3, -0.25) is 4.79 Å². The molecule has 2 aromatic heterocycles. The third-order valence-corrected chi connectivity index (χ3v) is 6.78.